The van der Waals surface area contributed by atoms with E-state index >= 15 is 0 Å². The number of nitrogens with one attached hydrogen (secondary N) is 2. The molecular weight excluding hydrogens is 291 g/mol. The molecule has 7 heteroatoms. The van der Waals surface area contributed by atoms with Gasteiger partial charge in [-0.15, -0.1) is 0 Å². The number of carbonyl (C=O) groups is 2. The molecule has 0 fully saturated rings. The molecule has 2 aromatic rings. The van der Waals surface area contributed by atoms with Crippen molar-refractivity contribution in [1.82, 2.24) is 10.3 Å². The van der Waals surface area contributed by atoms with Crippen LogP contribution in [0.4, 0.5) is 4.39 Å². The van der Waals surface area contributed by atoms with Crippen molar-refractivity contribution in [3.63, 3.8) is 0 Å². The van der Waals surface area contributed by atoms with Crippen molar-refractivity contribution >= 4 is 11.9 Å². The van der Waals surface area contributed by atoms with Crippen molar-refractivity contribution < 1.29 is 19.1 Å². The Kier molecular flexibility index (Phi) is 4.36. The molecule has 3 N–H and O–H groups in total. The minimum absolute atomic E-state index is 0.133. The van der Waals surface area contributed by atoms with Crippen LogP contribution >= 0.6 is 0 Å². The number of aromatic nitrogens is 1. The van der Waals surface area contributed by atoms with E-state index < -0.39 is 23.3 Å². The SMILES string of the molecule is CCNC(=O)c1ccc(-c2c[nH]c(=O)cc2C(=O)O)cc1F. The van der Waals surface area contributed by atoms with Gasteiger partial charge >= 0.3 is 5.97 Å². The summed E-state index contributed by atoms with van der Waals surface area (Å²) in [6.07, 6.45) is 1.20. The number of hydrogen-bond donors (Lipinski definition) is 3. The lowest BCUT2D eigenvalue weighted by atomic mass is 10.00. The maximum atomic E-state index is 14.0. The maximum Gasteiger partial charge on any atom is 0.336 e. The molecule has 22 heavy (non-hydrogen) atoms. The first-order valence-electron chi connectivity index (χ1n) is 6.48. The van der Waals surface area contributed by atoms with Gasteiger partial charge in [-0.3, -0.25) is 9.59 Å². The molecule has 0 aliphatic rings. The molecular formula is C15H13FN2O4. The van der Waals surface area contributed by atoms with Crippen LogP contribution in [-0.2, 0) is 0 Å². The summed E-state index contributed by atoms with van der Waals surface area (Å²) in [5.74, 6) is -2.62. The second kappa shape index (κ2) is 6.21. The third-order valence-corrected chi connectivity index (χ3v) is 3.02. The Hall–Kier alpha value is -2.96. The molecule has 1 heterocycles. The predicted molar refractivity (Wildman–Crippen MR) is 77.4 cm³/mol. The van der Waals surface area contributed by atoms with Gasteiger partial charge in [-0.25, -0.2) is 9.18 Å². The van der Waals surface area contributed by atoms with Crippen molar-refractivity contribution in [3.05, 3.63) is 57.8 Å². The van der Waals surface area contributed by atoms with Gasteiger partial charge in [0.2, 0.25) is 5.56 Å². The number of carbonyl (C=O) groups excluding carboxylic acids is 1. The Labute approximate surface area is 124 Å². The number of H-pyrrole nitrogens is 1. The molecule has 0 bridgehead atoms. The first kappa shape index (κ1) is 15.4. The number of halogens is 1. The number of carboxylic acids is 1. The summed E-state index contributed by atoms with van der Waals surface area (Å²) in [5, 5.41) is 11.6. The molecule has 2 rings (SSSR count). The first-order chi connectivity index (χ1) is 10.4. The van der Waals surface area contributed by atoms with Crippen LogP contribution in [0.25, 0.3) is 11.1 Å². The highest BCUT2D eigenvalue weighted by Crippen LogP contribution is 2.24. The molecule has 0 atom stereocenters. The molecule has 0 spiro atoms. The van der Waals surface area contributed by atoms with E-state index in [4.69, 9.17) is 5.11 Å². The largest absolute Gasteiger partial charge is 0.478 e. The lowest BCUT2D eigenvalue weighted by molar-refractivity contribution is 0.0697. The molecule has 1 aromatic carbocycles. The van der Waals surface area contributed by atoms with Crippen LogP contribution in [0.2, 0.25) is 0 Å². The fraction of sp³-hybridized carbons (Fsp3) is 0.133. The summed E-state index contributed by atoms with van der Waals surface area (Å²) < 4.78 is 14.0. The highest BCUT2D eigenvalue weighted by molar-refractivity contribution is 5.97. The monoisotopic (exact) mass is 304 g/mol. The zero-order chi connectivity index (χ0) is 16.3. The predicted octanol–water partition coefficient (Wildman–Crippen LogP) is 1.63. The highest BCUT2D eigenvalue weighted by Gasteiger charge is 2.16. The first-order valence-corrected chi connectivity index (χ1v) is 6.48. The summed E-state index contributed by atoms with van der Waals surface area (Å²) >= 11 is 0. The number of carboxylic acid groups (broad SMARTS) is 1. The third kappa shape index (κ3) is 3.03. The standard InChI is InChI=1S/C15H13FN2O4/c1-2-17-14(20)9-4-3-8(5-12(9)16)11-7-18-13(19)6-10(11)15(21)22/h3-7H,2H2,1H3,(H,17,20)(H,18,19)(H,21,22). The molecule has 0 unspecified atom stereocenters. The zero-order valence-corrected chi connectivity index (χ0v) is 11.6. The van der Waals surface area contributed by atoms with Crippen LogP contribution < -0.4 is 10.9 Å². The van der Waals surface area contributed by atoms with Crippen LogP contribution in [-0.4, -0.2) is 28.5 Å². The molecule has 0 radical (unpaired) electrons. The zero-order valence-electron chi connectivity index (χ0n) is 11.6. The van der Waals surface area contributed by atoms with Gasteiger partial charge in [0.15, 0.2) is 0 Å². The minimum atomic E-state index is -1.30. The third-order valence-electron chi connectivity index (χ3n) is 3.02. The normalized spacial score (nSPS) is 10.3. The molecule has 0 saturated carbocycles. The van der Waals surface area contributed by atoms with Gasteiger partial charge in [-0.1, -0.05) is 6.07 Å². The highest BCUT2D eigenvalue weighted by atomic mass is 19.1. The van der Waals surface area contributed by atoms with E-state index in [2.05, 4.69) is 10.3 Å². The van der Waals surface area contributed by atoms with Gasteiger partial charge in [0.05, 0.1) is 11.1 Å². The number of rotatable bonds is 4. The lowest BCUT2D eigenvalue weighted by Crippen LogP contribution is -2.23. The van der Waals surface area contributed by atoms with E-state index in [1.807, 2.05) is 0 Å². The van der Waals surface area contributed by atoms with Crippen molar-refractivity contribution in [3.8, 4) is 11.1 Å². The summed E-state index contributed by atoms with van der Waals surface area (Å²) in [7, 11) is 0. The Morgan fingerprint density at radius 1 is 1.27 bits per heavy atom. The average molecular weight is 304 g/mol. The number of aromatic carboxylic acids is 1. The summed E-state index contributed by atoms with van der Waals surface area (Å²) in [5.41, 5.74) is -0.533. The molecule has 6 nitrogen and oxygen atoms in total. The Morgan fingerprint density at radius 2 is 2.00 bits per heavy atom. The van der Waals surface area contributed by atoms with E-state index in [0.717, 1.165) is 12.1 Å². The van der Waals surface area contributed by atoms with Gasteiger partial charge in [-0.05, 0) is 24.6 Å². The van der Waals surface area contributed by atoms with Crippen LogP contribution in [0.1, 0.15) is 27.6 Å². The molecule has 1 aromatic heterocycles. The van der Waals surface area contributed by atoms with Gasteiger partial charge < -0.3 is 15.4 Å². The molecule has 0 aliphatic heterocycles. The Balaban J connectivity index is 2.51. The fourth-order valence-corrected chi connectivity index (χ4v) is 2.01. The lowest BCUT2D eigenvalue weighted by Gasteiger charge is -2.08. The van der Waals surface area contributed by atoms with Gasteiger partial charge in [0.1, 0.15) is 5.82 Å². The minimum Gasteiger partial charge on any atom is -0.478 e. The van der Waals surface area contributed by atoms with E-state index in [1.54, 1.807) is 6.92 Å². The number of pyridine rings is 1. The molecule has 0 saturated heterocycles. The second-order valence-electron chi connectivity index (χ2n) is 4.48. The molecule has 114 valence electrons. The Morgan fingerprint density at radius 3 is 2.59 bits per heavy atom. The smallest absolute Gasteiger partial charge is 0.336 e. The van der Waals surface area contributed by atoms with Gasteiger partial charge in [0, 0.05) is 24.4 Å². The van der Waals surface area contributed by atoms with Crippen molar-refractivity contribution in [2.24, 2.45) is 0 Å². The topological polar surface area (TPSA) is 99.3 Å². The van der Waals surface area contributed by atoms with E-state index in [9.17, 15) is 18.8 Å². The number of aromatic amines is 1. The Bertz CT molecular complexity index is 798. The number of hydrogen-bond acceptors (Lipinski definition) is 3. The van der Waals surface area contributed by atoms with Crippen molar-refractivity contribution in [2.75, 3.05) is 6.54 Å². The number of amides is 1. The van der Waals surface area contributed by atoms with Crippen LogP contribution in [0, 0.1) is 5.82 Å². The van der Waals surface area contributed by atoms with E-state index in [1.165, 1.54) is 18.3 Å². The number of benzene rings is 1. The molecule has 1 amide bonds. The summed E-state index contributed by atoms with van der Waals surface area (Å²) in [6, 6.07) is 4.68. The van der Waals surface area contributed by atoms with Gasteiger partial charge in [-0.2, -0.15) is 0 Å². The van der Waals surface area contributed by atoms with Crippen molar-refractivity contribution in [1.29, 1.82) is 0 Å². The quantitative estimate of drug-likeness (QED) is 0.799. The second-order valence-corrected chi connectivity index (χ2v) is 4.48. The van der Waals surface area contributed by atoms with Crippen LogP contribution in [0.5, 0.6) is 0 Å². The van der Waals surface area contributed by atoms with Crippen LogP contribution in [0.15, 0.2) is 35.3 Å². The summed E-state index contributed by atoms with van der Waals surface area (Å²) in [6.45, 7) is 2.08. The van der Waals surface area contributed by atoms with E-state index in [-0.39, 0.29) is 22.3 Å². The van der Waals surface area contributed by atoms with Gasteiger partial charge in [0.25, 0.3) is 5.91 Å². The van der Waals surface area contributed by atoms with Crippen molar-refractivity contribution in [2.45, 2.75) is 6.92 Å². The fourth-order valence-electron chi connectivity index (χ4n) is 2.01. The van der Waals surface area contributed by atoms with Crippen LogP contribution in [0.3, 0.4) is 0 Å². The van der Waals surface area contributed by atoms with E-state index in [0.29, 0.717) is 6.54 Å². The maximum absolute atomic E-state index is 14.0. The average Bonchev–Trinajstić information content (AvgIpc) is 2.47. The summed E-state index contributed by atoms with van der Waals surface area (Å²) in [4.78, 5) is 36.4. The molecule has 0 aliphatic carbocycles.